The van der Waals surface area contributed by atoms with E-state index in [0.29, 0.717) is 0 Å². The van der Waals surface area contributed by atoms with Crippen molar-refractivity contribution in [3.8, 4) is 0 Å². The molecule has 4 heteroatoms. The first-order valence-electron chi connectivity index (χ1n) is 21.5. The molecule has 290 valence electrons. The second-order valence-electron chi connectivity index (χ2n) is 22.9. The molecule has 56 heavy (non-hydrogen) atoms. The highest BCUT2D eigenvalue weighted by molar-refractivity contribution is 7.00. The van der Waals surface area contributed by atoms with Crippen molar-refractivity contribution in [2.75, 3.05) is 4.90 Å². The van der Waals surface area contributed by atoms with E-state index in [4.69, 9.17) is 4.42 Å². The van der Waals surface area contributed by atoms with Crippen LogP contribution in [0.5, 0.6) is 0 Å². The topological polar surface area (TPSA) is 16.4 Å². The summed E-state index contributed by atoms with van der Waals surface area (Å²) < 4.78 is 7.48. The zero-order chi connectivity index (χ0) is 40.3. The van der Waals surface area contributed by atoms with Gasteiger partial charge < -0.3 is 4.42 Å². The molecule has 0 spiro atoms. The van der Waals surface area contributed by atoms with E-state index in [1.54, 1.807) is 0 Å². The van der Waals surface area contributed by atoms with Crippen LogP contribution in [-0.2, 0) is 27.1 Å². The van der Waals surface area contributed by atoms with E-state index in [0.717, 1.165) is 11.5 Å². The minimum Gasteiger partial charge on any atom is -0.440 e. The van der Waals surface area contributed by atoms with Crippen LogP contribution in [-0.4, -0.2) is 14.8 Å². The first-order chi connectivity index (χ1) is 25.9. The number of hydrogen-bond acceptors (Lipinski definition) is 2. The molecule has 0 saturated heterocycles. The zero-order valence-electron chi connectivity index (χ0n) is 37.1. The fourth-order valence-electron chi connectivity index (χ4n) is 10.7. The maximum atomic E-state index is 7.48. The summed E-state index contributed by atoms with van der Waals surface area (Å²) in [6.45, 7) is 36.4. The van der Waals surface area contributed by atoms with Gasteiger partial charge in [0.05, 0.1) is 13.8 Å². The molecule has 4 aliphatic rings. The van der Waals surface area contributed by atoms with Gasteiger partial charge in [0.25, 0.3) is 6.71 Å². The van der Waals surface area contributed by atoms with Crippen molar-refractivity contribution in [2.24, 2.45) is 0 Å². The molecular formula is C52H64BNOSi. The quantitative estimate of drug-likeness (QED) is 0.163. The Labute approximate surface area is 339 Å². The summed E-state index contributed by atoms with van der Waals surface area (Å²) in [6.07, 6.45) is 9.68. The second-order valence-corrected chi connectivity index (χ2v) is 28.0. The third kappa shape index (κ3) is 5.54. The van der Waals surface area contributed by atoms with Gasteiger partial charge in [-0.3, -0.25) is 4.90 Å². The highest BCUT2D eigenvalue weighted by atomic mass is 28.3. The largest absolute Gasteiger partial charge is 0.440 e. The third-order valence-electron chi connectivity index (χ3n) is 14.9. The SMILES string of the molecule is Cc1cc(C(C)(C)C)ccc1N1c2cc([Si](C)(C)C)cc3c2B(c2cc4c(cc2C=C3)C(C)(C)CCC4(C)C)c2c1oc1cc3c(cc21)C(C)(C)CCC3(C)C. The van der Waals surface area contributed by atoms with Crippen molar-refractivity contribution in [1.29, 1.82) is 0 Å². The van der Waals surface area contributed by atoms with Crippen LogP contribution in [0, 0.1) is 6.92 Å². The zero-order valence-corrected chi connectivity index (χ0v) is 38.1. The summed E-state index contributed by atoms with van der Waals surface area (Å²) in [7, 11) is -1.74. The van der Waals surface area contributed by atoms with Crippen LogP contribution in [0.25, 0.3) is 23.1 Å². The number of aryl methyl sites for hydroxylation is 1. The molecule has 5 aromatic rings. The molecule has 9 rings (SSSR count). The second kappa shape index (κ2) is 11.7. The van der Waals surface area contributed by atoms with Gasteiger partial charge in [-0.25, -0.2) is 0 Å². The lowest BCUT2D eigenvalue weighted by molar-refractivity contribution is 0.332. The van der Waals surface area contributed by atoms with Crippen LogP contribution in [0.3, 0.4) is 0 Å². The first kappa shape index (κ1) is 37.8. The molecule has 1 aromatic heterocycles. The number of nitrogens with zero attached hydrogens (tertiary/aromatic N) is 1. The Kier molecular flexibility index (Phi) is 7.88. The molecule has 0 radical (unpaired) electrons. The van der Waals surface area contributed by atoms with E-state index >= 15 is 0 Å². The Balaban J connectivity index is 1.44. The summed E-state index contributed by atoms with van der Waals surface area (Å²) in [5, 5.41) is 2.76. The number of benzene rings is 4. The lowest BCUT2D eigenvalue weighted by Gasteiger charge is -2.43. The van der Waals surface area contributed by atoms with Crippen LogP contribution in [0.4, 0.5) is 17.3 Å². The van der Waals surface area contributed by atoms with E-state index in [1.165, 1.54) is 109 Å². The summed E-state index contributed by atoms with van der Waals surface area (Å²) in [5.41, 5.74) is 19.5. The Morgan fingerprint density at radius 2 is 1.18 bits per heavy atom. The van der Waals surface area contributed by atoms with E-state index in [2.05, 4.69) is 174 Å². The number of fused-ring (bicyclic) bond motifs is 8. The first-order valence-corrected chi connectivity index (χ1v) is 25.0. The van der Waals surface area contributed by atoms with Crippen molar-refractivity contribution < 1.29 is 4.42 Å². The molecule has 0 bridgehead atoms. The summed E-state index contributed by atoms with van der Waals surface area (Å²) in [6, 6.07) is 22.5. The molecule has 2 aliphatic carbocycles. The lowest BCUT2D eigenvalue weighted by Crippen LogP contribution is -2.59. The Bertz CT molecular complexity index is 2530. The third-order valence-corrected chi connectivity index (χ3v) is 16.9. The average molecular weight is 758 g/mol. The molecular weight excluding hydrogens is 693 g/mol. The van der Waals surface area contributed by atoms with Gasteiger partial charge in [-0.2, -0.15) is 0 Å². The van der Waals surface area contributed by atoms with Crippen LogP contribution in [0.15, 0.2) is 59.0 Å². The molecule has 0 atom stereocenters. The minimum absolute atomic E-state index is 0.0336. The van der Waals surface area contributed by atoms with Gasteiger partial charge in [0.1, 0.15) is 5.58 Å². The smallest absolute Gasteiger partial charge is 0.253 e. The van der Waals surface area contributed by atoms with Crippen LogP contribution in [0.1, 0.15) is 146 Å². The normalized spacial score (nSPS) is 19.8. The molecule has 4 aromatic carbocycles. The van der Waals surface area contributed by atoms with Crippen molar-refractivity contribution in [3.05, 3.63) is 99.1 Å². The molecule has 0 saturated carbocycles. The van der Waals surface area contributed by atoms with E-state index in [-0.39, 0.29) is 33.8 Å². The van der Waals surface area contributed by atoms with E-state index < -0.39 is 8.07 Å². The van der Waals surface area contributed by atoms with Gasteiger partial charge in [0, 0.05) is 16.5 Å². The summed E-state index contributed by atoms with van der Waals surface area (Å²) in [5.74, 6) is 0.992. The number of hydrogen-bond donors (Lipinski definition) is 0. The number of furan rings is 1. The monoisotopic (exact) mass is 757 g/mol. The van der Waals surface area contributed by atoms with Crippen molar-refractivity contribution in [2.45, 2.75) is 155 Å². The van der Waals surface area contributed by atoms with Crippen molar-refractivity contribution in [1.82, 2.24) is 0 Å². The Hall–Kier alpha value is -3.76. The highest BCUT2D eigenvalue weighted by Gasteiger charge is 2.47. The maximum absolute atomic E-state index is 7.48. The number of rotatable bonds is 2. The predicted molar refractivity (Wildman–Crippen MR) is 248 cm³/mol. The molecule has 0 N–H and O–H groups in total. The van der Waals surface area contributed by atoms with Gasteiger partial charge in [0.15, 0.2) is 0 Å². The van der Waals surface area contributed by atoms with Crippen molar-refractivity contribution >= 4 is 76.7 Å². The van der Waals surface area contributed by atoms with Gasteiger partial charge in [-0.1, -0.05) is 149 Å². The lowest BCUT2D eigenvalue weighted by atomic mass is 9.34. The summed E-state index contributed by atoms with van der Waals surface area (Å²) >= 11 is 0. The molecule has 2 aliphatic heterocycles. The number of anilines is 3. The van der Waals surface area contributed by atoms with Crippen molar-refractivity contribution in [3.63, 3.8) is 0 Å². The maximum Gasteiger partial charge on any atom is 0.253 e. The van der Waals surface area contributed by atoms with E-state index in [9.17, 15) is 0 Å². The van der Waals surface area contributed by atoms with Crippen LogP contribution in [0.2, 0.25) is 19.6 Å². The predicted octanol–water partition coefficient (Wildman–Crippen LogP) is 12.1. The van der Waals surface area contributed by atoms with Crippen LogP contribution >= 0.6 is 0 Å². The molecule has 3 heterocycles. The fourth-order valence-corrected chi connectivity index (χ4v) is 11.9. The average Bonchev–Trinajstić information content (AvgIpc) is 3.38. The summed E-state index contributed by atoms with van der Waals surface area (Å²) in [4.78, 5) is 2.54. The van der Waals surface area contributed by atoms with Crippen LogP contribution < -0.4 is 26.5 Å². The fraction of sp³-hybridized carbons (Fsp3) is 0.462. The Morgan fingerprint density at radius 3 is 1.75 bits per heavy atom. The Morgan fingerprint density at radius 1 is 0.625 bits per heavy atom. The standard InChI is InChI=1S/C52H64BNOSi/c1-31-24-34(48(2,3)4)18-19-42(31)54-43-27-35(56(13,14)15)25-33-17-16-32-26-37-39(51(9,10)22-20-49(37,5)6)29-41(32)53(45(33)43)46-36-28-38-40(30-44(36)55-47(46)54)52(11,12)23-21-50(38,7)8/h16-19,24-30H,20-23H2,1-15H3. The van der Waals surface area contributed by atoms with E-state index in [1.807, 2.05) is 0 Å². The molecule has 0 unspecified atom stereocenters. The highest BCUT2D eigenvalue weighted by Crippen LogP contribution is 2.50. The molecule has 0 fully saturated rings. The molecule has 2 nitrogen and oxygen atoms in total. The van der Waals surface area contributed by atoms with Gasteiger partial charge in [-0.15, -0.1) is 0 Å². The minimum atomic E-state index is -1.74. The molecule has 0 amide bonds. The van der Waals surface area contributed by atoms with Gasteiger partial charge in [-0.05, 0) is 134 Å². The van der Waals surface area contributed by atoms with Gasteiger partial charge >= 0.3 is 0 Å². The van der Waals surface area contributed by atoms with Gasteiger partial charge in [0.2, 0.25) is 5.88 Å².